The van der Waals surface area contributed by atoms with Gasteiger partial charge in [0.2, 0.25) is 5.91 Å². The average Bonchev–Trinajstić information content (AvgIpc) is 3.55. The second-order valence-corrected chi connectivity index (χ2v) is 9.43. The Morgan fingerprint density at radius 2 is 2.06 bits per heavy atom. The zero-order valence-electron chi connectivity index (χ0n) is 18.7. The second kappa shape index (κ2) is 10.4. The van der Waals surface area contributed by atoms with Crippen LogP contribution < -0.4 is 5.32 Å². The number of hydrogen-bond donors (Lipinski definition) is 1. The number of carbonyl (C=O) groups excluding carboxylic acids is 1. The Bertz CT molecular complexity index is 1230. The summed E-state index contributed by atoms with van der Waals surface area (Å²) in [5.41, 5.74) is 3.19. The van der Waals surface area contributed by atoms with Gasteiger partial charge in [-0.1, -0.05) is 29.8 Å². The van der Waals surface area contributed by atoms with Crippen LogP contribution in [-0.4, -0.2) is 24.4 Å². The summed E-state index contributed by atoms with van der Waals surface area (Å²) in [7, 11) is 0. The molecule has 0 radical (unpaired) electrons. The smallest absolute Gasteiger partial charge is 0.227 e. The van der Waals surface area contributed by atoms with Crippen molar-refractivity contribution in [2.24, 2.45) is 0 Å². The van der Waals surface area contributed by atoms with Gasteiger partial charge in [0.05, 0.1) is 47.0 Å². The van der Waals surface area contributed by atoms with Crippen LogP contribution in [0.25, 0.3) is 5.69 Å². The van der Waals surface area contributed by atoms with Crippen molar-refractivity contribution in [3.63, 3.8) is 0 Å². The maximum Gasteiger partial charge on any atom is 0.227 e. The highest BCUT2D eigenvalue weighted by molar-refractivity contribution is 7.74. The van der Waals surface area contributed by atoms with E-state index >= 15 is 0 Å². The molecule has 34 heavy (non-hydrogen) atoms. The van der Waals surface area contributed by atoms with E-state index in [4.69, 9.17) is 16.7 Å². The van der Waals surface area contributed by atoms with Crippen molar-refractivity contribution in [3.8, 4) is 5.69 Å². The van der Waals surface area contributed by atoms with Crippen LogP contribution in [-0.2, 0) is 26.9 Å². The van der Waals surface area contributed by atoms with Crippen molar-refractivity contribution in [3.05, 3.63) is 81.9 Å². The van der Waals surface area contributed by atoms with Gasteiger partial charge in [-0.05, 0) is 62.6 Å². The van der Waals surface area contributed by atoms with Crippen molar-refractivity contribution < 1.29 is 22.1 Å². The quantitative estimate of drug-likeness (QED) is 0.421. The van der Waals surface area contributed by atoms with E-state index in [1.165, 1.54) is 19.1 Å². The lowest BCUT2D eigenvalue weighted by Crippen LogP contribution is -2.28. The monoisotopic (exact) mass is 504 g/mol. The number of hydrogen-bond acceptors (Lipinski definition) is 5. The SMILES string of the molecule is CC(OS(=O)[O-])c1ccc(C(C)C(=O)NCc2cc(C3CC3)nn2-c2cccc(Cl)c2)cc1F. The van der Waals surface area contributed by atoms with Crippen LogP contribution in [0.2, 0.25) is 5.02 Å². The minimum Gasteiger partial charge on any atom is -0.750 e. The number of rotatable bonds is 9. The summed E-state index contributed by atoms with van der Waals surface area (Å²) in [5, 5.41) is 8.23. The van der Waals surface area contributed by atoms with Gasteiger partial charge in [-0.2, -0.15) is 5.10 Å². The fourth-order valence-corrected chi connectivity index (χ4v) is 4.29. The Morgan fingerprint density at radius 3 is 2.71 bits per heavy atom. The highest BCUT2D eigenvalue weighted by Gasteiger charge is 2.28. The molecule has 1 N–H and O–H groups in total. The predicted molar refractivity (Wildman–Crippen MR) is 126 cm³/mol. The molecule has 0 spiro atoms. The zero-order chi connectivity index (χ0) is 24.4. The van der Waals surface area contributed by atoms with Gasteiger partial charge in [-0.3, -0.25) is 8.98 Å². The fraction of sp³-hybridized carbons (Fsp3) is 0.333. The van der Waals surface area contributed by atoms with Crippen molar-refractivity contribution >= 4 is 28.9 Å². The van der Waals surface area contributed by atoms with Gasteiger partial charge in [-0.25, -0.2) is 13.3 Å². The molecule has 0 bridgehead atoms. The first-order chi connectivity index (χ1) is 16.2. The number of nitrogens with zero attached hydrogens (tertiary/aromatic N) is 2. The number of halogens is 2. The topological polar surface area (TPSA) is 96.3 Å². The van der Waals surface area contributed by atoms with Gasteiger partial charge in [-0.15, -0.1) is 0 Å². The van der Waals surface area contributed by atoms with E-state index in [1.807, 2.05) is 24.3 Å². The van der Waals surface area contributed by atoms with Crippen molar-refractivity contribution in [2.75, 3.05) is 0 Å². The molecule has 2 aromatic carbocycles. The molecule has 1 heterocycles. The van der Waals surface area contributed by atoms with Crippen molar-refractivity contribution in [1.29, 1.82) is 0 Å². The standard InChI is InChI=1S/C24H25ClFN3O4S/c1-14(17-8-9-21(22(26)10-17)15(2)33-34(31)32)24(30)27-13-20-12-23(16-6-7-16)28-29(20)19-5-3-4-18(25)11-19/h3-5,8-12,14-16H,6-7,13H2,1-2H3,(H,27,30)(H,31,32)/p-1. The Hall–Kier alpha value is -2.59. The van der Waals surface area contributed by atoms with Crippen molar-refractivity contribution in [1.82, 2.24) is 15.1 Å². The van der Waals surface area contributed by atoms with E-state index in [0.717, 1.165) is 29.9 Å². The van der Waals surface area contributed by atoms with E-state index in [2.05, 4.69) is 9.50 Å². The van der Waals surface area contributed by atoms with Gasteiger partial charge < -0.3 is 9.87 Å². The number of carbonyl (C=O) groups is 1. The lowest BCUT2D eigenvalue weighted by molar-refractivity contribution is -0.122. The van der Waals surface area contributed by atoms with E-state index < -0.39 is 29.2 Å². The Labute approximate surface area is 204 Å². The van der Waals surface area contributed by atoms with E-state index in [0.29, 0.717) is 16.5 Å². The number of aromatic nitrogens is 2. The molecule has 180 valence electrons. The lowest BCUT2D eigenvalue weighted by Gasteiger charge is -2.17. The minimum atomic E-state index is -2.76. The predicted octanol–water partition coefficient (Wildman–Crippen LogP) is 4.83. The first-order valence-electron chi connectivity index (χ1n) is 10.9. The Kier molecular flexibility index (Phi) is 7.47. The van der Waals surface area contributed by atoms with E-state index in [1.54, 1.807) is 23.7 Å². The molecule has 1 amide bonds. The van der Waals surface area contributed by atoms with Gasteiger partial charge >= 0.3 is 0 Å². The largest absolute Gasteiger partial charge is 0.750 e. The lowest BCUT2D eigenvalue weighted by atomic mass is 9.97. The molecule has 1 aromatic heterocycles. The van der Waals surface area contributed by atoms with Crippen LogP contribution >= 0.6 is 11.6 Å². The summed E-state index contributed by atoms with van der Waals surface area (Å²) in [5.74, 6) is -1.09. The highest BCUT2D eigenvalue weighted by Crippen LogP contribution is 2.39. The van der Waals surface area contributed by atoms with Crippen LogP contribution in [0.1, 0.15) is 67.1 Å². The molecule has 1 saturated carbocycles. The molecule has 1 aliphatic rings. The maximum atomic E-state index is 14.5. The summed E-state index contributed by atoms with van der Waals surface area (Å²) in [6, 6.07) is 13.6. The molecular formula is C24H24ClFN3O4S-. The number of amides is 1. The van der Waals surface area contributed by atoms with Gasteiger partial charge in [0.25, 0.3) is 0 Å². The average molecular weight is 505 g/mol. The third kappa shape index (κ3) is 5.72. The first kappa shape index (κ1) is 24.5. The normalized spacial score (nSPS) is 16.1. The molecule has 10 heteroatoms. The van der Waals surface area contributed by atoms with Crippen LogP contribution in [0.4, 0.5) is 4.39 Å². The summed E-state index contributed by atoms with van der Waals surface area (Å²) < 4.78 is 42.4. The summed E-state index contributed by atoms with van der Waals surface area (Å²) in [4.78, 5) is 12.9. The molecular weight excluding hydrogens is 481 g/mol. The number of nitrogens with one attached hydrogen (secondary N) is 1. The fourth-order valence-electron chi connectivity index (χ4n) is 3.77. The highest BCUT2D eigenvalue weighted by atomic mass is 35.5. The van der Waals surface area contributed by atoms with Gasteiger partial charge in [0, 0.05) is 16.5 Å². The molecule has 3 atom stereocenters. The maximum absolute atomic E-state index is 14.5. The molecule has 1 fully saturated rings. The van der Waals surface area contributed by atoms with Gasteiger partial charge in [0.15, 0.2) is 0 Å². The molecule has 3 aromatic rings. The minimum absolute atomic E-state index is 0.0959. The molecule has 0 aliphatic heterocycles. The Balaban J connectivity index is 1.47. The first-order valence-corrected chi connectivity index (χ1v) is 12.3. The summed E-state index contributed by atoms with van der Waals surface area (Å²) in [6.07, 6.45) is 1.24. The zero-order valence-corrected chi connectivity index (χ0v) is 20.2. The molecule has 7 nitrogen and oxygen atoms in total. The summed E-state index contributed by atoms with van der Waals surface area (Å²) >= 11 is 3.40. The van der Waals surface area contributed by atoms with Crippen LogP contribution in [0.15, 0.2) is 48.5 Å². The van der Waals surface area contributed by atoms with Gasteiger partial charge in [0.1, 0.15) is 5.82 Å². The third-order valence-electron chi connectivity index (χ3n) is 5.87. The second-order valence-electron chi connectivity index (χ2n) is 8.39. The van der Waals surface area contributed by atoms with Crippen LogP contribution in [0.3, 0.4) is 0 Å². The molecule has 0 saturated heterocycles. The summed E-state index contributed by atoms with van der Waals surface area (Å²) in [6.45, 7) is 3.36. The molecule has 3 unspecified atom stereocenters. The molecule has 1 aliphatic carbocycles. The van der Waals surface area contributed by atoms with Crippen molar-refractivity contribution in [2.45, 2.75) is 51.2 Å². The van der Waals surface area contributed by atoms with Crippen LogP contribution in [0.5, 0.6) is 0 Å². The van der Waals surface area contributed by atoms with Crippen LogP contribution in [0, 0.1) is 5.82 Å². The number of benzene rings is 2. The third-order valence-corrected chi connectivity index (χ3v) is 6.55. The van der Waals surface area contributed by atoms with E-state index in [9.17, 15) is 17.9 Å². The molecule has 4 rings (SSSR count). The van der Waals surface area contributed by atoms with E-state index in [-0.39, 0.29) is 18.0 Å². The Morgan fingerprint density at radius 1 is 1.29 bits per heavy atom.